The minimum absolute atomic E-state index is 0.0856. The molecule has 2 aromatic rings. The van der Waals surface area contributed by atoms with Gasteiger partial charge in [0.25, 0.3) is 0 Å². The maximum Gasteiger partial charge on any atom is 0.168 e. The van der Waals surface area contributed by atoms with Crippen molar-refractivity contribution in [3.63, 3.8) is 0 Å². The van der Waals surface area contributed by atoms with Gasteiger partial charge in [0.15, 0.2) is 5.79 Å². The zero-order valence-electron chi connectivity index (χ0n) is 17.2. The zero-order chi connectivity index (χ0) is 20.4. The fourth-order valence-electron chi connectivity index (χ4n) is 4.85. The summed E-state index contributed by atoms with van der Waals surface area (Å²) in [5.74, 6) is -0.518. The van der Waals surface area contributed by atoms with Gasteiger partial charge in [-0.1, -0.05) is 44.2 Å². The first-order valence-corrected chi connectivity index (χ1v) is 11.1. The van der Waals surface area contributed by atoms with Gasteiger partial charge in [-0.2, -0.15) is 0 Å². The van der Waals surface area contributed by atoms with E-state index in [4.69, 9.17) is 14.0 Å². The average molecular weight is 416 g/mol. The summed E-state index contributed by atoms with van der Waals surface area (Å²) in [4.78, 5) is 0. The predicted molar refractivity (Wildman–Crippen MR) is 115 cm³/mol. The number of halogens is 1. The highest BCUT2D eigenvalue weighted by Gasteiger charge is 2.39. The molecule has 2 aliphatic rings. The highest BCUT2D eigenvalue weighted by molar-refractivity contribution is 7.09. The van der Waals surface area contributed by atoms with Crippen LogP contribution in [0.4, 0.5) is 4.39 Å². The predicted octanol–water partition coefficient (Wildman–Crippen LogP) is 6.07. The number of hydrogen-bond acceptors (Lipinski definition) is 3. The Hall–Kier alpha value is -1.32. The molecule has 1 saturated heterocycles. The lowest BCUT2D eigenvalue weighted by Gasteiger charge is -2.28. The molecule has 0 aromatic heterocycles. The number of ether oxygens (including phenoxy) is 2. The van der Waals surface area contributed by atoms with E-state index in [2.05, 4.69) is 47.6 Å². The zero-order valence-corrected chi connectivity index (χ0v) is 18.4. The third-order valence-electron chi connectivity index (χ3n) is 6.55. The Morgan fingerprint density at radius 1 is 1.07 bits per heavy atom. The van der Waals surface area contributed by atoms with Crippen LogP contribution in [0, 0.1) is 5.82 Å². The molecule has 0 saturated carbocycles. The lowest BCUT2D eigenvalue weighted by molar-refractivity contribution is -0.172. The van der Waals surface area contributed by atoms with Crippen molar-refractivity contribution in [2.75, 3.05) is 6.61 Å². The third-order valence-corrected chi connectivity index (χ3v) is 6.85. The second-order valence-electron chi connectivity index (χ2n) is 8.13. The molecule has 2 aromatic carbocycles. The molecule has 0 bridgehead atoms. The van der Waals surface area contributed by atoms with Crippen molar-refractivity contribution in [3.05, 3.63) is 70.5 Å². The Morgan fingerprint density at radius 3 is 2.55 bits per heavy atom. The third kappa shape index (κ3) is 4.14. The van der Waals surface area contributed by atoms with Crippen LogP contribution in [0.15, 0.2) is 42.5 Å². The van der Waals surface area contributed by atoms with Crippen LogP contribution in [0.25, 0.3) is 0 Å². The van der Waals surface area contributed by atoms with Gasteiger partial charge in [0.1, 0.15) is 5.82 Å². The molecule has 1 heterocycles. The standard InChI is InChI=1S/C24H30FO3P/c1-3-24(4-2)26-15-19(27-24)11-12-21-20-8-6-5-7-16(20)13-17-9-10-18(25)14-22(17)23(21)28-29/h5-10,14,19,21,23H,3-4,11-13,15,29H2,1-2H3/t19-,21+,23-/m0/s1. The normalized spacial score (nSPS) is 25.3. The molecule has 1 aliphatic carbocycles. The number of benzene rings is 2. The number of fused-ring (bicyclic) bond motifs is 2. The first kappa shape index (κ1) is 20.9. The Bertz CT molecular complexity index is 852. The van der Waals surface area contributed by atoms with Crippen LogP contribution in [-0.4, -0.2) is 18.5 Å². The summed E-state index contributed by atoms with van der Waals surface area (Å²) < 4.78 is 32.3. The van der Waals surface area contributed by atoms with Crippen LogP contribution in [0.2, 0.25) is 0 Å². The Balaban J connectivity index is 1.62. The van der Waals surface area contributed by atoms with Crippen molar-refractivity contribution >= 4 is 9.47 Å². The molecule has 4 rings (SSSR count). The second kappa shape index (κ2) is 8.81. The van der Waals surface area contributed by atoms with Gasteiger partial charge in [0, 0.05) is 15.4 Å². The van der Waals surface area contributed by atoms with Crippen molar-refractivity contribution in [3.8, 4) is 0 Å². The van der Waals surface area contributed by atoms with Gasteiger partial charge in [0.05, 0.1) is 18.8 Å². The summed E-state index contributed by atoms with van der Waals surface area (Å²) in [5, 5.41) is 0. The fraction of sp³-hybridized carbons (Fsp3) is 0.500. The molecule has 156 valence electrons. The summed E-state index contributed by atoms with van der Waals surface area (Å²) >= 11 is 0. The SMILES string of the molecule is CCC1(CC)OC[C@H](CC[C@@H]2c3ccccc3Cc3ccc(F)cc3[C@H]2OP)O1. The molecule has 0 radical (unpaired) electrons. The molecule has 5 heteroatoms. The van der Waals surface area contributed by atoms with E-state index in [0.29, 0.717) is 6.61 Å². The molecule has 3 nitrogen and oxygen atoms in total. The minimum Gasteiger partial charge on any atom is -0.357 e. The van der Waals surface area contributed by atoms with Gasteiger partial charge in [-0.15, -0.1) is 0 Å². The molecule has 1 fully saturated rings. The monoisotopic (exact) mass is 416 g/mol. The first-order valence-electron chi connectivity index (χ1n) is 10.6. The van der Waals surface area contributed by atoms with Crippen molar-refractivity contribution in [2.45, 2.75) is 69.9 Å². The van der Waals surface area contributed by atoms with Crippen LogP contribution < -0.4 is 0 Å². The number of rotatable bonds is 6. The van der Waals surface area contributed by atoms with Gasteiger partial charge in [0.2, 0.25) is 0 Å². The van der Waals surface area contributed by atoms with E-state index in [1.807, 2.05) is 6.07 Å². The van der Waals surface area contributed by atoms with Crippen LogP contribution in [0.5, 0.6) is 0 Å². The van der Waals surface area contributed by atoms with Crippen LogP contribution in [0.3, 0.4) is 0 Å². The lowest BCUT2D eigenvalue weighted by Crippen LogP contribution is -2.29. The van der Waals surface area contributed by atoms with E-state index < -0.39 is 5.79 Å². The summed E-state index contributed by atoms with van der Waals surface area (Å²) in [7, 11) is 2.41. The molecule has 1 unspecified atom stereocenters. The van der Waals surface area contributed by atoms with Crippen molar-refractivity contribution in [1.82, 2.24) is 0 Å². The Labute approximate surface area is 175 Å². The summed E-state index contributed by atoms with van der Waals surface area (Å²) in [6, 6.07) is 13.6. The lowest BCUT2D eigenvalue weighted by atomic mass is 9.85. The molecular weight excluding hydrogens is 386 g/mol. The van der Waals surface area contributed by atoms with Gasteiger partial charge in [-0.05, 0) is 66.5 Å². The summed E-state index contributed by atoms with van der Waals surface area (Å²) in [6.07, 6.45) is 4.16. The van der Waals surface area contributed by atoms with Crippen molar-refractivity contribution in [2.24, 2.45) is 0 Å². The van der Waals surface area contributed by atoms with Crippen molar-refractivity contribution in [1.29, 1.82) is 0 Å². The van der Waals surface area contributed by atoms with Crippen LogP contribution in [-0.2, 0) is 20.4 Å². The van der Waals surface area contributed by atoms with Crippen LogP contribution in [0.1, 0.15) is 73.8 Å². The van der Waals surface area contributed by atoms with Gasteiger partial charge >= 0.3 is 0 Å². The van der Waals surface area contributed by atoms with E-state index in [1.165, 1.54) is 11.1 Å². The molecular formula is C24H30FO3P. The van der Waals surface area contributed by atoms with Crippen LogP contribution >= 0.6 is 9.47 Å². The van der Waals surface area contributed by atoms with E-state index in [0.717, 1.165) is 43.2 Å². The molecule has 0 N–H and O–H groups in total. The summed E-state index contributed by atoms with van der Waals surface area (Å²) in [6.45, 7) is 4.85. The molecule has 4 atom stereocenters. The summed E-state index contributed by atoms with van der Waals surface area (Å²) in [5.41, 5.74) is 4.65. The second-order valence-corrected chi connectivity index (χ2v) is 8.40. The molecule has 1 aliphatic heterocycles. The largest absolute Gasteiger partial charge is 0.357 e. The average Bonchev–Trinajstić information content (AvgIpc) is 3.11. The minimum atomic E-state index is -0.432. The smallest absolute Gasteiger partial charge is 0.168 e. The maximum absolute atomic E-state index is 14.1. The van der Waals surface area contributed by atoms with Gasteiger partial charge in [-0.25, -0.2) is 4.39 Å². The van der Waals surface area contributed by atoms with E-state index >= 15 is 0 Å². The van der Waals surface area contributed by atoms with Gasteiger partial charge < -0.3 is 14.0 Å². The number of hydrogen-bond donors (Lipinski definition) is 0. The molecule has 0 spiro atoms. The highest BCUT2D eigenvalue weighted by Crippen LogP contribution is 2.45. The van der Waals surface area contributed by atoms with Crippen molar-refractivity contribution < 1.29 is 18.4 Å². The Morgan fingerprint density at radius 2 is 1.83 bits per heavy atom. The van der Waals surface area contributed by atoms with E-state index in [1.54, 1.807) is 12.1 Å². The maximum atomic E-state index is 14.1. The topological polar surface area (TPSA) is 27.7 Å². The van der Waals surface area contributed by atoms with E-state index in [-0.39, 0.29) is 23.9 Å². The fourth-order valence-corrected chi connectivity index (χ4v) is 5.19. The highest BCUT2D eigenvalue weighted by atomic mass is 31.0. The molecule has 0 amide bonds. The first-order chi connectivity index (χ1) is 14.1. The van der Waals surface area contributed by atoms with E-state index in [9.17, 15) is 4.39 Å². The quantitative estimate of drug-likeness (QED) is 0.535. The Kier molecular flexibility index (Phi) is 6.36. The van der Waals surface area contributed by atoms with Gasteiger partial charge in [-0.3, -0.25) is 0 Å². The molecule has 29 heavy (non-hydrogen) atoms.